The Hall–Kier alpha value is -3.58. The first-order chi connectivity index (χ1) is 14.7. The number of halogens is 1. The van der Waals surface area contributed by atoms with Crippen LogP contribution < -0.4 is 14.8 Å². The quantitative estimate of drug-likeness (QED) is 0.512. The van der Waals surface area contributed by atoms with Crippen LogP contribution in [-0.4, -0.2) is 26.3 Å². The zero-order chi connectivity index (χ0) is 20.5. The van der Waals surface area contributed by atoms with Gasteiger partial charge in [0.1, 0.15) is 5.69 Å². The number of aryl methyl sites for hydroxylation is 1. The predicted octanol–water partition coefficient (Wildman–Crippen LogP) is 4.54. The maximum atomic E-state index is 6.05. The van der Waals surface area contributed by atoms with Crippen molar-refractivity contribution in [3.8, 4) is 34.1 Å². The summed E-state index contributed by atoms with van der Waals surface area (Å²) in [6.07, 6.45) is 5.45. The number of hydrogen-bond donors (Lipinski definition) is 1. The van der Waals surface area contributed by atoms with Crippen molar-refractivity contribution >= 4 is 17.5 Å². The van der Waals surface area contributed by atoms with E-state index in [1.807, 2.05) is 66.5 Å². The van der Waals surface area contributed by atoms with Crippen LogP contribution in [0.25, 0.3) is 22.6 Å². The Kier molecular flexibility index (Phi) is 4.72. The van der Waals surface area contributed by atoms with Gasteiger partial charge < -0.3 is 19.4 Å². The van der Waals surface area contributed by atoms with Gasteiger partial charge in [-0.2, -0.15) is 0 Å². The highest BCUT2D eigenvalue weighted by Crippen LogP contribution is 2.33. The normalized spacial score (nSPS) is 12.2. The molecule has 1 aliphatic rings. The molecule has 0 spiro atoms. The smallest absolute Gasteiger partial charge is 0.231 e. The van der Waals surface area contributed by atoms with Crippen LogP contribution in [0.4, 0.5) is 5.95 Å². The van der Waals surface area contributed by atoms with Crippen molar-refractivity contribution in [2.24, 2.45) is 7.05 Å². The van der Waals surface area contributed by atoms with Crippen molar-refractivity contribution in [3.05, 3.63) is 71.6 Å². The standard InChI is InChI=1S/C22H18ClN5O2/c1-28-9-8-24-21(28)20-17(15-3-5-16(23)6-4-15)12-26-22(27-20)25-11-14-2-7-18-19(10-14)30-13-29-18/h2-10,12H,11,13H2,1H3,(H,25,26,27). The minimum absolute atomic E-state index is 0.258. The molecule has 1 N–H and O–H groups in total. The molecule has 0 saturated heterocycles. The molecule has 0 saturated carbocycles. The van der Waals surface area contributed by atoms with E-state index in [4.69, 9.17) is 26.1 Å². The fraction of sp³-hybridized carbons (Fsp3) is 0.136. The van der Waals surface area contributed by atoms with Crippen LogP contribution in [-0.2, 0) is 13.6 Å². The summed E-state index contributed by atoms with van der Waals surface area (Å²) in [6, 6.07) is 13.5. The molecule has 0 atom stereocenters. The Balaban J connectivity index is 1.46. The molecule has 7 nitrogen and oxygen atoms in total. The fourth-order valence-corrected chi connectivity index (χ4v) is 3.43. The van der Waals surface area contributed by atoms with E-state index >= 15 is 0 Å². The minimum Gasteiger partial charge on any atom is -0.454 e. The molecule has 8 heteroatoms. The lowest BCUT2D eigenvalue weighted by Crippen LogP contribution is -2.06. The highest BCUT2D eigenvalue weighted by molar-refractivity contribution is 6.30. The predicted molar refractivity (Wildman–Crippen MR) is 115 cm³/mol. The van der Waals surface area contributed by atoms with Crippen LogP contribution in [0.5, 0.6) is 11.5 Å². The first kappa shape index (κ1) is 18.4. The number of nitrogens with one attached hydrogen (secondary N) is 1. The SMILES string of the molecule is Cn1ccnc1-c1nc(NCc2ccc3c(c2)OCO3)ncc1-c1ccc(Cl)cc1. The number of ether oxygens (including phenoxy) is 2. The van der Waals surface area contributed by atoms with E-state index in [0.717, 1.165) is 39.7 Å². The third-order valence-electron chi connectivity index (χ3n) is 4.86. The number of benzene rings is 2. The lowest BCUT2D eigenvalue weighted by molar-refractivity contribution is 0.174. The molecule has 5 rings (SSSR count). The van der Waals surface area contributed by atoms with Crippen LogP contribution in [0, 0.1) is 0 Å². The van der Waals surface area contributed by atoms with Gasteiger partial charge in [-0.1, -0.05) is 29.8 Å². The van der Waals surface area contributed by atoms with E-state index < -0.39 is 0 Å². The average Bonchev–Trinajstić information content (AvgIpc) is 3.41. The summed E-state index contributed by atoms with van der Waals surface area (Å²) in [7, 11) is 1.94. The Morgan fingerprint density at radius 1 is 1.07 bits per heavy atom. The van der Waals surface area contributed by atoms with Crippen LogP contribution in [0.15, 0.2) is 61.1 Å². The summed E-state index contributed by atoms with van der Waals surface area (Å²) in [5.41, 5.74) is 3.64. The molecule has 4 aromatic rings. The molecular formula is C22H18ClN5O2. The molecule has 0 amide bonds. The molecule has 0 fully saturated rings. The number of hydrogen-bond acceptors (Lipinski definition) is 6. The molecule has 1 aliphatic heterocycles. The first-order valence-electron chi connectivity index (χ1n) is 9.40. The number of imidazole rings is 1. The summed E-state index contributed by atoms with van der Waals surface area (Å²) in [4.78, 5) is 13.8. The highest BCUT2D eigenvalue weighted by atomic mass is 35.5. The van der Waals surface area contributed by atoms with Gasteiger partial charge in [0.25, 0.3) is 0 Å². The fourth-order valence-electron chi connectivity index (χ4n) is 3.30. The zero-order valence-corrected chi connectivity index (χ0v) is 16.9. The highest BCUT2D eigenvalue weighted by Gasteiger charge is 2.16. The maximum Gasteiger partial charge on any atom is 0.231 e. The summed E-state index contributed by atoms with van der Waals surface area (Å²) < 4.78 is 12.7. The zero-order valence-electron chi connectivity index (χ0n) is 16.2. The van der Waals surface area contributed by atoms with Crippen molar-refractivity contribution < 1.29 is 9.47 Å². The van der Waals surface area contributed by atoms with Gasteiger partial charge in [-0.3, -0.25) is 0 Å². The van der Waals surface area contributed by atoms with Crippen LogP contribution in [0.2, 0.25) is 5.02 Å². The van der Waals surface area contributed by atoms with Gasteiger partial charge in [-0.25, -0.2) is 15.0 Å². The molecule has 30 heavy (non-hydrogen) atoms. The van der Waals surface area contributed by atoms with Gasteiger partial charge in [-0.15, -0.1) is 0 Å². The third kappa shape index (κ3) is 3.55. The van der Waals surface area contributed by atoms with Crippen LogP contribution >= 0.6 is 11.6 Å². The summed E-state index contributed by atoms with van der Waals surface area (Å²) in [5.74, 6) is 2.79. The number of aromatic nitrogens is 4. The summed E-state index contributed by atoms with van der Waals surface area (Å²) >= 11 is 6.05. The minimum atomic E-state index is 0.258. The molecule has 0 radical (unpaired) electrons. The number of rotatable bonds is 5. The van der Waals surface area contributed by atoms with Gasteiger partial charge >= 0.3 is 0 Å². The van der Waals surface area contributed by atoms with E-state index in [-0.39, 0.29) is 6.79 Å². The van der Waals surface area contributed by atoms with Crippen molar-refractivity contribution in [2.45, 2.75) is 6.54 Å². The van der Waals surface area contributed by atoms with Gasteiger partial charge in [0, 0.05) is 42.8 Å². The van der Waals surface area contributed by atoms with E-state index in [1.165, 1.54) is 0 Å². The molecule has 0 aliphatic carbocycles. The Bertz CT molecular complexity index is 1210. The van der Waals surface area contributed by atoms with Gasteiger partial charge in [0.2, 0.25) is 12.7 Å². The lowest BCUT2D eigenvalue weighted by Gasteiger charge is -2.12. The Morgan fingerprint density at radius 2 is 1.90 bits per heavy atom. The van der Waals surface area contributed by atoms with Gasteiger partial charge in [0.05, 0.1) is 0 Å². The molecule has 0 bridgehead atoms. The first-order valence-corrected chi connectivity index (χ1v) is 9.78. The average molecular weight is 420 g/mol. The van der Waals surface area contributed by atoms with E-state index in [9.17, 15) is 0 Å². The Labute approximate surface area is 178 Å². The number of anilines is 1. The molecule has 0 unspecified atom stereocenters. The van der Waals surface area contributed by atoms with Gasteiger partial charge in [-0.05, 0) is 35.4 Å². The largest absolute Gasteiger partial charge is 0.454 e. The van der Waals surface area contributed by atoms with Crippen molar-refractivity contribution in [1.29, 1.82) is 0 Å². The van der Waals surface area contributed by atoms with Crippen molar-refractivity contribution in [3.63, 3.8) is 0 Å². The number of nitrogens with zero attached hydrogens (tertiary/aromatic N) is 4. The molecule has 2 aromatic carbocycles. The topological polar surface area (TPSA) is 74.1 Å². The summed E-state index contributed by atoms with van der Waals surface area (Å²) in [5, 5.41) is 3.97. The molecule has 150 valence electrons. The van der Waals surface area contributed by atoms with E-state index in [1.54, 1.807) is 6.20 Å². The van der Waals surface area contributed by atoms with Crippen LogP contribution in [0.1, 0.15) is 5.56 Å². The van der Waals surface area contributed by atoms with Crippen molar-refractivity contribution in [1.82, 2.24) is 19.5 Å². The second-order valence-corrected chi connectivity index (χ2v) is 7.30. The molecule has 3 heterocycles. The third-order valence-corrected chi connectivity index (χ3v) is 5.12. The van der Waals surface area contributed by atoms with Crippen LogP contribution in [0.3, 0.4) is 0 Å². The van der Waals surface area contributed by atoms with Crippen molar-refractivity contribution in [2.75, 3.05) is 12.1 Å². The van der Waals surface area contributed by atoms with E-state index in [0.29, 0.717) is 17.5 Å². The molecule has 2 aromatic heterocycles. The lowest BCUT2D eigenvalue weighted by atomic mass is 10.1. The van der Waals surface area contributed by atoms with E-state index in [2.05, 4.69) is 15.3 Å². The second kappa shape index (κ2) is 7.68. The Morgan fingerprint density at radius 3 is 2.70 bits per heavy atom. The number of fused-ring (bicyclic) bond motifs is 1. The summed E-state index contributed by atoms with van der Waals surface area (Å²) in [6.45, 7) is 0.811. The maximum absolute atomic E-state index is 6.05. The monoisotopic (exact) mass is 419 g/mol. The van der Waals surface area contributed by atoms with Gasteiger partial charge in [0.15, 0.2) is 17.3 Å². The second-order valence-electron chi connectivity index (χ2n) is 6.87. The molecular weight excluding hydrogens is 402 g/mol.